The van der Waals surface area contributed by atoms with Crippen LogP contribution in [-0.4, -0.2) is 75.6 Å². The fraction of sp³-hybridized carbons (Fsp3) is 0.471. The molecule has 3 amide bonds. The minimum atomic E-state index is -0.838. The Hall–Kier alpha value is -2.20. The molecule has 1 fully saturated rings. The van der Waals surface area contributed by atoms with E-state index < -0.39 is 24.3 Å². The zero-order valence-corrected chi connectivity index (χ0v) is 15.8. The van der Waals surface area contributed by atoms with Crippen molar-refractivity contribution in [1.29, 1.82) is 0 Å². The molecule has 1 aromatic rings. The second kappa shape index (κ2) is 10.2. The van der Waals surface area contributed by atoms with Gasteiger partial charge in [-0.15, -0.1) is 0 Å². The van der Waals surface area contributed by atoms with E-state index in [1.807, 2.05) is 0 Å². The monoisotopic (exact) mass is 399 g/mol. The van der Waals surface area contributed by atoms with E-state index in [2.05, 4.69) is 10.6 Å². The predicted octanol–water partition coefficient (Wildman–Crippen LogP) is -0.0102. The minimum Gasteiger partial charge on any atom is -0.355 e. The maximum atomic E-state index is 12.6. The van der Waals surface area contributed by atoms with Crippen molar-refractivity contribution in [3.63, 3.8) is 0 Å². The molecule has 1 aliphatic rings. The third kappa shape index (κ3) is 5.90. The number of methoxy groups -OCH3 is 2. The molecular weight excluding hydrogens is 378 g/mol. The molecule has 1 aliphatic heterocycles. The number of halogens is 1. The fourth-order valence-corrected chi connectivity index (χ4v) is 2.59. The van der Waals surface area contributed by atoms with Gasteiger partial charge in [-0.1, -0.05) is 11.6 Å². The van der Waals surface area contributed by atoms with Crippen molar-refractivity contribution in [2.75, 3.05) is 40.5 Å². The first kappa shape index (κ1) is 21.1. The molecule has 0 spiro atoms. The van der Waals surface area contributed by atoms with Crippen molar-refractivity contribution in [2.24, 2.45) is 0 Å². The van der Waals surface area contributed by atoms with E-state index >= 15 is 0 Å². The zero-order valence-electron chi connectivity index (χ0n) is 15.1. The summed E-state index contributed by atoms with van der Waals surface area (Å²) in [6, 6.07) is 6.49. The summed E-state index contributed by atoms with van der Waals surface area (Å²) in [4.78, 5) is 37.7. The Morgan fingerprint density at radius 2 is 1.81 bits per heavy atom. The van der Waals surface area contributed by atoms with Crippen molar-refractivity contribution < 1.29 is 28.6 Å². The molecule has 9 nitrogen and oxygen atoms in total. The molecular formula is C17H22ClN3O6. The lowest BCUT2D eigenvalue weighted by atomic mass is 10.2. The van der Waals surface area contributed by atoms with Crippen molar-refractivity contribution in [2.45, 2.75) is 12.5 Å². The number of rotatable bonds is 7. The number of ether oxygens (including phenoxy) is 3. The van der Waals surface area contributed by atoms with Crippen LogP contribution in [0, 0.1) is 0 Å². The average molecular weight is 400 g/mol. The number of hydrogen-bond donors (Lipinski definition) is 2. The van der Waals surface area contributed by atoms with Crippen molar-refractivity contribution in [3.05, 3.63) is 34.9 Å². The van der Waals surface area contributed by atoms with E-state index in [-0.39, 0.29) is 19.0 Å². The summed E-state index contributed by atoms with van der Waals surface area (Å²) in [7, 11) is 2.84. The molecule has 1 heterocycles. The van der Waals surface area contributed by atoms with E-state index in [1.165, 1.54) is 19.1 Å². The highest BCUT2D eigenvalue weighted by Gasteiger charge is 2.31. The quantitative estimate of drug-likeness (QED) is 0.493. The van der Waals surface area contributed by atoms with E-state index in [4.69, 9.17) is 25.8 Å². The van der Waals surface area contributed by atoms with Crippen LogP contribution in [0.15, 0.2) is 24.3 Å². The normalized spacial score (nSPS) is 16.4. The summed E-state index contributed by atoms with van der Waals surface area (Å²) in [5, 5.41) is 5.38. The highest BCUT2D eigenvalue weighted by molar-refractivity contribution is 6.35. The van der Waals surface area contributed by atoms with E-state index in [0.717, 1.165) is 0 Å². The highest BCUT2D eigenvalue weighted by Crippen LogP contribution is 2.16. The zero-order chi connectivity index (χ0) is 19.8. The number of amides is 3. The van der Waals surface area contributed by atoms with Gasteiger partial charge in [0.15, 0.2) is 6.29 Å². The van der Waals surface area contributed by atoms with Crippen LogP contribution >= 0.6 is 11.6 Å². The number of carbonyl (C=O) groups is 3. The molecule has 148 valence electrons. The third-order valence-electron chi connectivity index (χ3n) is 3.94. The molecule has 10 heteroatoms. The first-order valence-corrected chi connectivity index (χ1v) is 8.63. The largest absolute Gasteiger partial charge is 0.355 e. The molecule has 0 bridgehead atoms. The molecule has 0 radical (unpaired) electrons. The Labute approximate surface area is 161 Å². The Morgan fingerprint density at radius 1 is 1.19 bits per heavy atom. The summed E-state index contributed by atoms with van der Waals surface area (Å²) in [5.41, 5.74) is 0.462. The maximum absolute atomic E-state index is 12.6. The van der Waals surface area contributed by atoms with Crippen LogP contribution in [0.3, 0.4) is 0 Å². The van der Waals surface area contributed by atoms with Gasteiger partial charge in [0.2, 0.25) is 0 Å². The van der Waals surface area contributed by atoms with Gasteiger partial charge >= 0.3 is 11.8 Å². The topological polar surface area (TPSA) is 106 Å². The van der Waals surface area contributed by atoms with Crippen LogP contribution in [0.4, 0.5) is 0 Å². The summed E-state index contributed by atoms with van der Waals surface area (Å²) in [6.45, 7) is 0.747. The molecule has 1 saturated heterocycles. The highest BCUT2D eigenvalue weighted by atomic mass is 35.5. The Balaban J connectivity index is 1.85. The van der Waals surface area contributed by atoms with Crippen LogP contribution < -0.4 is 10.6 Å². The van der Waals surface area contributed by atoms with Gasteiger partial charge < -0.3 is 29.7 Å². The van der Waals surface area contributed by atoms with Gasteiger partial charge in [0.1, 0.15) is 6.23 Å². The molecule has 2 rings (SSSR count). The van der Waals surface area contributed by atoms with Gasteiger partial charge in [-0.25, -0.2) is 0 Å². The summed E-state index contributed by atoms with van der Waals surface area (Å²) >= 11 is 5.83. The van der Waals surface area contributed by atoms with Crippen molar-refractivity contribution in [3.8, 4) is 0 Å². The third-order valence-corrected chi connectivity index (χ3v) is 4.19. The Kier molecular flexibility index (Phi) is 7.99. The van der Waals surface area contributed by atoms with Gasteiger partial charge in [0.25, 0.3) is 5.91 Å². The lowest BCUT2D eigenvalue weighted by Crippen LogP contribution is -2.48. The second-order valence-corrected chi connectivity index (χ2v) is 6.09. The van der Waals surface area contributed by atoms with Crippen molar-refractivity contribution in [1.82, 2.24) is 15.5 Å². The van der Waals surface area contributed by atoms with Gasteiger partial charge in [-0.2, -0.15) is 0 Å². The molecule has 0 saturated carbocycles. The van der Waals surface area contributed by atoms with Gasteiger partial charge in [-0.05, 0) is 24.3 Å². The molecule has 1 atom stereocenters. The Morgan fingerprint density at radius 3 is 2.44 bits per heavy atom. The molecule has 2 N–H and O–H groups in total. The van der Waals surface area contributed by atoms with Crippen LogP contribution in [0.1, 0.15) is 10.4 Å². The predicted molar refractivity (Wildman–Crippen MR) is 96.1 cm³/mol. The summed E-state index contributed by atoms with van der Waals surface area (Å²) in [5.74, 6) is -1.91. The minimum absolute atomic E-state index is 0.0103. The van der Waals surface area contributed by atoms with Crippen molar-refractivity contribution >= 4 is 29.3 Å². The maximum Gasteiger partial charge on any atom is 0.309 e. The molecule has 0 aromatic heterocycles. The van der Waals surface area contributed by atoms with Crippen LogP contribution in [0.25, 0.3) is 0 Å². The van der Waals surface area contributed by atoms with E-state index in [9.17, 15) is 14.4 Å². The molecule has 0 unspecified atom stereocenters. The second-order valence-electron chi connectivity index (χ2n) is 5.65. The number of nitrogens with zero attached hydrogens (tertiary/aromatic N) is 1. The van der Waals surface area contributed by atoms with Crippen LogP contribution in [0.5, 0.6) is 0 Å². The fourth-order valence-electron chi connectivity index (χ4n) is 2.46. The number of nitrogens with one attached hydrogen (secondary N) is 2. The average Bonchev–Trinajstić information content (AvgIpc) is 3.15. The number of carbonyl (C=O) groups excluding carboxylic acids is 3. The molecule has 27 heavy (non-hydrogen) atoms. The first-order valence-electron chi connectivity index (χ1n) is 8.26. The Bertz CT molecular complexity index is 665. The SMILES string of the molecule is COC(CNC(=O)C(=O)NC[C@@H]1OCCN1C(=O)c1ccc(Cl)cc1)OC. The molecule has 1 aromatic carbocycles. The molecule has 0 aliphatic carbocycles. The summed E-state index contributed by atoms with van der Waals surface area (Å²) < 4.78 is 15.3. The standard InChI is InChI=1S/C17H22ClN3O6/c1-25-14(26-2)10-20-16(23)15(22)19-9-13-21(7-8-27-13)17(24)11-3-5-12(18)6-4-11/h3-6,13-14H,7-10H2,1-2H3,(H,19,22)(H,20,23)/t13-/m0/s1. The lowest BCUT2D eigenvalue weighted by molar-refractivity contribution is -0.142. The number of benzene rings is 1. The van der Waals surface area contributed by atoms with E-state index in [0.29, 0.717) is 23.7 Å². The smallest absolute Gasteiger partial charge is 0.309 e. The van der Waals surface area contributed by atoms with Crippen LogP contribution in [0.2, 0.25) is 5.02 Å². The van der Waals surface area contributed by atoms with Crippen LogP contribution in [-0.2, 0) is 23.8 Å². The lowest BCUT2D eigenvalue weighted by Gasteiger charge is -2.23. The van der Waals surface area contributed by atoms with Gasteiger partial charge in [0, 0.05) is 31.4 Å². The first-order chi connectivity index (χ1) is 13.0. The number of hydrogen-bond acceptors (Lipinski definition) is 6. The van der Waals surface area contributed by atoms with E-state index in [1.54, 1.807) is 24.3 Å². The van der Waals surface area contributed by atoms with Gasteiger partial charge in [-0.3, -0.25) is 14.4 Å². The van der Waals surface area contributed by atoms with Gasteiger partial charge in [0.05, 0.1) is 19.7 Å². The summed E-state index contributed by atoms with van der Waals surface area (Å²) in [6.07, 6.45) is -1.30.